The van der Waals surface area contributed by atoms with Gasteiger partial charge in [-0.15, -0.1) is 0 Å². The molecule has 6 nitrogen and oxygen atoms in total. The molecule has 3 aromatic rings. The van der Waals surface area contributed by atoms with Gasteiger partial charge >= 0.3 is 0 Å². The third-order valence-corrected chi connectivity index (χ3v) is 5.75. The average molecular weight is 436 g/mol. The lowest BCUT2D eigenvalue weighted by Gasteiger charge is -2.21. The van der Waals surface area contributed by atoms with Gasteiger partial charge < -0.3 is 14.5 Å². The fourth-order valence-electron chi connectivity index (χ4n) is 3.94. The lowest BCUT2D eigenvalue weighted by molar-refractivity contribution is -0.133. The molecular formula is C26H33N3O3. The van der Waals surface area contributed by atoms with E-state index in [4.69, 9.17) is 4.74 Å². The van der Waals surface area contributed by atoms with Gasteiger partial charge in [0.15, 0.2) is 0 Å². The average Bonchev–Trinajstić information content (AvgIpc) is 3.15. The quantitative estimate of drug-likeness (QED) is 0.514. The van der Waals surface area contributed by atoms with E-state index in [1.807, 2.05) is 75.7 Å². The summed E-state index contributed by atoms with van der Waals surface area (Å²) < 4.78 is 7.06. The molecule has 0 bridgehead atoms. The number of carbonyl (C=O) groups excluding carboxylic acids is 2. The fraction of sp³-hybridized carbons (Fsp3) is 0.385. The van der Waals surface area contributed by atoms with Crippen LogP contribution in [0.2, 0.25) is 0 Å². The van der Waals surface area contributed by atoms with E-state index in [0.717, 1.165) is 40.7 Å². The molecule has 0 saturated heterocycles. The molecule has 170 valence electrons. The Bertz CT molecular complexity index is 1070. The van der Waals surface area contributed by atoms with Crippen molar-refractivity contribution in [2.24, 2.45) is 5.92 Å². The molecule has 1 amide bonds. The molecule has 1 atom stereocenters. The Balaban J connectivity index is 1.77. The van der Waals surface area contributed by atoms with Crippen LogP contribution in [0, 0.1) is 5.92 Å². The van der Waals surface area contributed by atoms with E-state index in [0.29, 0.717) is 6.42 Å². The number of fused-ring (bicyclic) bond motifs is 1. The first kappa shape index (κ1) is 23.5. The highest BCUT2D eigenvalue weighted by molar-refractivity contribution is 5.97. The number of benzene rings is 2. The highest BCUT2D eigenvalue weighted by Crippen LogP contribution is 2.27. The predicted octanol–water partition coefficient (Wildman–Crippen LogP) is 3.73. The fourth-order valence-corrected chi connectivity index (χ4v) is 3.94. The molecule has 0 N–H and O–H groups in total. The number of nitrogens with zero attached hydrogens (tertiary/aromatic N) is 3. The van der Waals surface area contributed by atoms with E-state index in [-0.39, 0.29) is 24.3 Å². The van der Waals surface area contributed by atoms with E-state index in [2.05, 4.69) is 4.90 Å². The largest absolute Gasteiger partial charge is 0.497 e. The van der Waals surface area contributed by atoms with Crippen LogP contribution in [0.4, 0.5) is 0 Å². The van der Waals surface area contributed by atoms with Crippen molar-refractivity contribution < 1.29 is 14.3 Å². The maximum absolute atomic E-state index is 13.2. The minimum Gasteiger partial charge on any atom is -0.497 e. The zero-order valence-corrected chi connectivity index (χ0v) is 19.7. The van der Waals surface area contributed by atoms with Crippen LogP contribution >= 0.6 is 0 Å². The van der Waals surface area contributed by atoms with Crippen molar-refractivity contribution in [1.82, 2.24) is 14.4 Å². The molecule has 32 heavy (non-hydrogen) atoms. The summed E-state index contributed by atoms with van der Waals surface area (Å²) in [5.41, 5.74) is 3.04. The second kappa shape index (κ2) is 10.5. The summed E-state index contributed by atoms with van der Waals surface area (Å²) in [5.74, 6) is 0.402. The first-order valence-electron chi connectivity index (χ1n) is 10.9. The Kier molecular flexibility index (Phi) is 7.70. The smallest absolute Gasteiger partial charge is 0.250 e. The predicted molar refractivity (Wildman–Crippen MR) is 128 cm³/mol. The Morgan fingerprint density at radius 2 is 1.78 bits per heavy atom. The lowest BCUT2D eigenvalue weighted by Crippen LogP contribution is -2.38. The van der Waals surface area contributed by atoms with Crippen molar-refractivity contribution in [3.63, 3.8) is 0 Å². The van der Waals surface area contributed by atoms with Crippen LogP contribution in [-0.4, -0.2) is 67.5 Å². The molecule has 1 aromatic heterocycles. The Morgan fingerprint density at radius 3 is 2.44 bits per heavy atom. The number of amides is 1. The second-order valence-corrected chi connectivity index (χ2v) is 8.64. The highest BCUT2D eigenvalue weighted by Gasteiger charge is 2.22. The molecule has 0 aliphatic carbocycles. The van der Waals surface area contributed by atoms with Gasteiger partial charge in [-0.3, -0.25) is 14.2 Å². The summed E-state index contributed by atoms with van der Waals surface area (Å²) in [5, 5.41) is 1.01. The third-order valence-electron chi connectivity index (χ3n) is 5.75. The van der Waals surface area contributed by atoms with Gasteiger partial charge in [0.1, 0.15) is 12.3 Å². The zero-order chi connectivity index (χ0) is 23.3. The van der Waals surface area contributed by atoms with Crippen LogP contribution in [0.3, 0.4) is 0 Å². The van der Waals surface area contributed by atoms with Crippen LogP contribution < -0.4 is 4.74 Å². The molecule has 0 aliphatic rings. The van der Waals surface area contributed by atoms with Gasteiger partial charge in [0, 0.05) is 31.1 Å². The van der Waals surface area contributed by atoms with E-state index < -0.39 is 0 Å². The highest BCUT2D eigenvalue weighted by atomic mass is 16.5. The Labute approximate surface area is 190 Å². The summed E-state index contributed by atoms with van der Waals surface area (Å²) in [7, 11) is 7.40. The molecule has 0 aliphatic heterocycles. The number of ether oxygens (including phenoxy) is 1. The van der Waals surface area contributed by atoms with Gasteiger partial charge in [-0.1, -0.05) is 37.3 Å². The van der Waals surface area contributed by atoms with Gasteiger partial charge in [0.2, 0.25) is 5.91 Å². The number of hydrogen-bond donors (Lipinski definition) is 0. The first-order chi connectivity index (χ1) is 15.3. The van der Waals surface area contributed by atoms with Crippen molar-refractivity contribution in [1.29, 1.82) is 0 Å². The summed E-state index contributed by atoms with van der Waals surface area (Å²) in [6, 6.07) is 15.7. The Morgan fingerprint density at radius 1 is 1.06 bits per heavy atom. The standard InChI is InChI=1S/C26H33N3O3/c1-19(15-20-9-7-6-8-10-20)26(31)28(4)18-25(30)29-17-21(13-14-27(2)3)23-16-22(32-5)11-12-24(23)29/h6-12,16-17,19H,13-15,18H2,1-5H3/t19-/m0/s1. The second-order valence-electron chi connectivity index (χ2n) is 8.64. The maximum Gasteiger partial charge on any atom is 0.250 e. The molecule has 2 aromatic carbocycles. The van der Waals surface area contributed by atoms with Gasteiger partial charge in [0.05, 0.1) is 12.6 Å². The molecule has 1 heterocycles. The van der Waals surface area contributed by atoms with Gasteiger partial charge in [-0.05, 0) is 56.3 Å². The summed E-state index contributed by atoms with van der Waals surface area (Å²) >= 11 is 0. The van der Waals surface area contributed by atoms with Crippen LogP contribution in [0.15, 0.2) is 54.7 Å². The number of aromatic nitrogens is 1. The molecule has 0 spiro atoms. The number of carbonyl (C=O) groups is 2. The number of rotatable bonds is 9. The van der Waals surface area contributed by atoms with E-state index in [1.54, 1.807) is 18.7 Å². The molecular weight excluding hydrogens is 402 g/mol. The third kappa shape index (κ3) is 5.56. The maximum atomic E-state index is 13.2. The van der Waals surface area contributed by atoms with Crippen molar-refractivity contribution in [2.45, 2.75) is 19.8 Å². The number of hydrogen-bond acceptors (Lipinski definition) is 4. The summed E-state index contributed by atoms with van der Waals surface area (Å²) in [4.78, 5) is 29.7. The SMILES string of the molecule is COc1ccc2c(c1)c(CCN(C)C)cn2C(=O)CN(C)C(=O)[C@@H](C)Cc1ccccc1. The molecule has 0 unspecified atom stereocenters. The van der Waals surface area contributed by atoms with Crippen molar-refractivity contribution in [2.75, 3.05) is 41.3 Å². The summed E-state index contributed by atoms with van der Waals surface area (Å²) in [6.45, 7) is 2.81. The molecule has 6 heteroatoms. The molecule has 3 rings (SSSR count). The number of likely N-dealkylation sites (N-methyl/N-ethyl adjacent to an activating group) is 2. The minimum atomic E-state index is -0.198. The monoisotopic (exact) mass is 435 g/mol. The van der Waals surface area contributed by atoms with Crippen LogP contribution in [0.1, 0.15) is 22.8 Å². The van der Waals surface area contributed by atoms with Gasteiger partial charge in [-0.2, -0.15) is 0 Å². The molecule has 0 radical (unpaired) electrons. The van der Waals surface area contributed by atoms with E-state index in [9.17, 15) is 9.59 Å². The Hall–Kier alpha value is -3.12. The first-order valence-corrected chi connectivity index (χ1v) is 10.9. The van der Waals surface area contributed by atoms with Crippen LogP contribution in [0.25, 0.3) is 10.9 Å². The summed E-state index contributed by atoms with van der Waals surface area (Å²) in [6.07, 6.45) is 3.38. The normalized spacial score (nSPS) is 12.2. The topological polar surface area (TPSA) is 54.8 Å². The van der Waals surface area contributed by atoms with Crippen molar-refractivity contribution in [3.05, 3.63) is 65.9 Å². The van der Waals surface area contributed by atoms with E-state index >= 15 is 0 Å². The molecule has 0 saturated carbocycles. The van der Waals surface area contributed by atoms with Crippen LogP contribution in [-0.2, 0) is 17.6 Å². The lowest BCUT2D eigenvalue weighted by atomic mass is 10.00. The number of methoxy groups -OCH3 is 1. The van der Waals surface area contributed by atoms with Gasteiger partial charge in [-0.25, -0.2) is 0 Å². The van der Waals surface area contributed by atoms with Crippen molar-refractivity contribution >= 4 is 22.7 Å². The van der Waals surface area contributed by atoms with Crippen LogP contribution in [0.5, 0.6) is 5.75 Å². The van der Waals surface area contributed by atoms with Gasteiger partial charge in [0.25, 0.3) is 5.91 Å². The van der Waals surface area contributed by atoms with Crippen molar-refractivity contribution in [3.8, 4) is 5.75 Å². The zero-order valence-electron chi connectivity index (χ0n) is 19.7. The van der Waals surface area contributed by atoms with E-state index in [1.165, 1.54) is 4.90 Å². The molecule has 0 fully saturated rings. The minimum absolute atomic E-state index is 0.0287.